The van der Waals surface area contributed by atoms with Crippen molar-refractivity contribution in [2.45, 2.75) is 38.6 Å². The molecule has 1 aromatic rings. The van der Waals surface area contributed by atoms with Crippen LogP contribution in [0.5, 0.6) is 0 Å². The first kappa shape index (κ1) is 13.9. The van der Waals surface area contributed by atoms with Crippen LogP contribution in [-0.4, -0.2) is 25.0 Å². The third-order valence-corrected chi connectivity index (χ3v) is 3.63. The highest BCUT2D eigenvalue weighted by Crippen LogP contribution is 2.21. The van der Waals surface area contributed by atoms with Gasteiger partial charge in [-0.25, -0.2) is 0 Å². The predicted octanol–water partition coefficient (Wildman–Crippen LogP) is 2.35. The van der Waals surface area contributed by atoms with Crippen LogP contribution in [0.3, 0.4) is 0 Å². The van der Waals surface area contributed by atoms with Gasteiger partial charge in [0.05, 0.1) is 6.04 Å². The van der Waals surface area contributed by atoms with Gasteiger partial charge in [0.25, 0.3) is 0 Å². The van der Waals surface area contributed by atoms with Crippen LogP contribution in [-0.2, 0) is 4.79 Å². The van der Waals surface area contributed by atoms with Gasteiger partial charge >= 0.3 is 0 Å². The number of rotatable bonds is 4. The van der Waals surface area contributed by atoms with E-state index in [0.29, 0.717) is 6.42 Å². The first-order chi connectivity index (χ1) is 9.20. The number of carbonyl (C=O) groups is 1. The van der Waals surface area contributed by atoms with Crippen LogP contribution in [0.4, 0.5) is 11.4 Å². The van der Waals surface area contributed by atoms with E-state index in [1.54, 1.807) is 0 Å². The second kappa shape index (κ2) is 6.57. The van der Waals surface area contributed by atoms with Gasteiger partial charge in [-0.15, -0.1) is 0 Å². The molecule has 1 aliphatic rings. The Morgan fingerprint density at radius 1 is 1.26 bits per heavy atom. The minimum atomic E-state index is -0.429. The molecule has 3 N–H and O–H groups in total. The van der Waals surface area contributed by atoms with Crippen molar-refractivity contribution >= 4 is 17.3 Å². The van der Waals surface area contributed by atoms with E-state index in [-0.39, 0.29) is 5.91 Å². The van der Waals surface area contributed by atoms with Gasteiger partial charge in [0.15, 0.2) is 0 Å². The monoisotopic (exact) mass is 261 g/mol. The van der Waals surface area contributed by atoms with Crippen molar-refractivity contribution in [1.82, 2.24) is 0 Å². The summed E-state index contributed by atoms with van der Waals surface area (Å²) in [5.41, 5.74) is 7.74. The molecular weight excluding hydrogens is 238 g/mol. The normalized spacial score (nSPS) is 17.1. The summed E-state index contributed by atoms with van der Waals surface area (Å²) in [5, 5.41) is 2.84. The van der Waals surface area contributed by atoms with E-state index >= 15 is 0 Å². The fourth-order valence-electron chi connectivity index (χ4n) is 2.33. The van der Waals surface area contributed by atoms with Gasteiger partial charge in [-0.3, -0.25) is 4.79 Å². The molecule has 0 radical (unpaired) electrons. The summed E-state index contributed by atoms with van der Waals surface area (Å²) >= 11 is 0. The van der Waals surface area contributed by atoms with Crippen LogP contribution >= 0.6 is 0 Å². The van der Waals surface area contributed by atoms with E-state index in [1.807, 2.05) is 19.1 Å². The van der Waals surface area contributed by atoms with E-state index < -0.39 is 6.04 Å². The zero-order chi connectivity index (χ0) is 13.7. The number of nitrogens with two attached hydrogens (primary N) is 1. The molecule has 104 valence electrons. The van der Waals surface area contributed by atoms with Gasteiger partial charge in [-0.1, -0.05) is 6.92 Å². The van der Waals surface area contributed by atoms with Crippen LogP contribution in [0.15, 0.2) is 24.3 Å². The van der Waals surface area contributed by atoms with Gasteiger partial charge in [0.1, 0.15) is 0 Å². The molecule has 4 nitrogen and oxygen atoms in total. The molecule has 0 aliphatic carbocycles. The van der Waals surface area contributed by atoms with Gasteiger partial charge < -0.3 is 16.0 Å². The second-order valence-corrected chi connectivity index (χ2v) is 5.10. The fraction of sp³-hybridized carbons (Fsp3) is 0.533. The minimum Gasteiger partial charge on any atom is -0.372 e. The van der Waals surface area contributed by atoms with Gasteiger partial charge in [0, 0.05) is 24.5 Å². The zero-order valence-electron chi connectivity index (χ0n) is 11.6. The van der Waals surface area contributed by atoms with Crippen molar-refractivity contribution in [3.8, 4) is 0 Å². The fourth-order valence-corrected chi connectivity index (χ4v) is 2.33. The average molecular weight is 261 g/mol. The predicted molar refractivity (Wildman–Crippen MR) is 79.4 cm³/mol. The Labute approximate surface area is 115 Å². The Morgan fingerprint density at radius 2 is 1.89 bits per heavy atom. The van der Waals surface area contributed by atoms with Crippen LogP contribution < -0.4 is 16.0 Å². The molecule has 1 aliphatic heterocycles. The summed E-state index contributed by atoms with van der Waals surface area (Å²) in [6.45, 7) is 4.17. The van der Waals surface area contributed by atoms with E-state index in [2.05, 4.69) is 22.3 Å². The Morgan fingerprint density at radius 3 is 2.47 bits per heavy atom. The number of amides is 1. The summed E-state index contributed by atoms with van der Waals surface area (Å²) < 4.78 is 0. The molecule has 0 unspecified atom stereocenters. The van der Waals surface area contributed by atoms with Crippen molar-refractivity contribution in [3.63, 3.8) is 0 Å². The Hall–Kier alpha value is -1.55. The van der Waals surface area contributed by atoms with Crippen LogP contribution in [0, 0.1) is 0 Å². The Balaban J connectivity index is 1.96. The highest BCUT2D eigenvalue weighted by molar-refractivity contribution is 5.94. The molecule has 1 atom stereocenters. The SMILES string of the molecule is CC[C@H](N)C(=O)Nc1ccc(N2CCCCC2)cc1. The smallest absolute Gasteiger partial charge is 0.241 e. The number of carbonyl (C=O) groups excluding carboxylic acids is 1. The molecule has 1 aromatic carbocycles. The van der Waals surface area contributed by atoms with Crippen molar-refractivity contribution < 1.29 is 4.79 Å². The summed E-state index contributed by atoms with van der Waals surface area (Å²) in [6, 6.07) is 7.60. The Kier molecular flexibility index (Phi) is 4.80. The zero-order valence-corrected chi connectivity index (χ0v) is 11.6. The van der Waals surface area contributed by atoms with Crippen LogP contribution in [0.25, 0.3) is 0 Å². The third-order valence-electron chi connectivity index (χ3n) is 3.63. The topological polar surface area (TPSA) is 58.4 Å². The van der Waals surface area contributed by atoms with Crippen LogP contribution in [0.2, 0.25) is 0 Å². The van der Waals surface area contributed by atoms with E-state index in [4.69, 9.17) is 5.73 Å². The maximum Gasteiger partial charge on any atom is 0.241 e. The largest absolute Gasteiger partial charge is 0.372 e. The second-order valence-electron chi connectivity index (χ2n) is 5.10. The molecule has 4 heteroatoms. The van der Waals surface area contributed by atoms with E-state index in [0.717, 1.165) is 18.8 Å². The Bertz CT molecular complexity index is 410. The quantitative estimate of drug-likeness (QED) is 0.874. The van der Waals surface area contributed by atoms with Crippen molar-refractivity contribution in [2.75, 3.05) is 23.3 Å². The molecule has 0 aromatic heterocycles. The number of anilines is 2. The summed E-state index contributed by atoms with van der Waals surface area (Å²) in [5.74, 6) is -0.117. The number of piperidine rings is 1. The molecule has 1 fully saturated rings. The number of nitrogens with one attached hydrogen (secondary N) is 1. The third kappa shape index (κ3) is 3.70. The maximum atomic E-state index is 11.7. The van der Waals surface area contributed by atoms with Gasteiger partial charge in [-0.05, 0) is 49.9 Å². The minimum absolute atomic E-state index is 0.117. The first-order valence-corrected chi connectivity index (χ1v) is 7.12. The maximum absolute atomic E-state index is 11.7. The van der Waals surface area contributed by atoms with E-state index in [1.165, 1.54) is 24.9 Å². The lowest BCUT2D eigenvalue weighted by molar-refractivity contribution is -0.117. The lowest BCUT2D eigenvalue weighted by atomic mass is 10.1. The molecule has 0 bridgehead atoms. The van der Waals surface area contributed by atoms with Crippen molar-refractivity contribution in [1.29, 1.82) is 0 Å². The summed E-state index contributed by atoms with van der Waals surface area (Å²) in [7, 11) is 0. The molecule has 1 saturated heterocycles. The number of nitrogens with zero attached hydrogens (tertiary/aromatic N) is 1. The lowest BCUT2D eigenvalue weighted by Gasteiger charge is -2.28. The van der Waals surface area contributed by atoms with Gasteiger partial charge in [-0.2, -0.15) is 0 Å². The number of hydrogen-bond donors (Lipinski definition) is 2. The molecule has 19 heavy (non-hydrogen) atoms. The highest BCUT2D eigenvalue weighted by atomic mass is 16.2. The van der Waals surface area contributed by atoms with Crippen molar-refractivity contribution in [2.24, 2.45) is 5.73 Å². The molecule has 1 heterocycles. The summed E-state index contributed by atoms with van der Waals surface area (Å²) in [4.78, 5) is 14.1. The van der Waals surface area contributed by atoms with E-state index in [9.17, 15) is 4.79 Å². The molecule has 1 amide bonds. The molecule has 0 spiro atoms. The summed E-state index contributed by atoms with van der Waals surface area (Å²) in [6.07, 6.45) is 4.52. The lowest BCUT2D eigenvalue weighted by Crippen LogP contribution is -2.34. The molecule has 0 saturated carbocycles. The van der Waals surface area contributed by atoms with Crippen LogP contribution in [0.1, 0.15) is 32.6 Å². The highest BCUT2D eigenvalue weighted by Gasteiger charge is 2.12. The van der Waals surface area contributed by atoms with Crippen molar-refractivity contribution in [3.05, 3.63) is 24.3 Å². The number of hydrogen-bond acceptors (Lipinski definition) is 3. The first-order valence-electron chi connectivity index (χ1n) is 7.12. The van der Waals surface area contributed by atoms with Gasteiger partial charge in [0.2, 0.25) is 5.91 Å². The average Bonchev–Trinajstić information content (AvgIpc) is 2.48. The molecular formula is C15H23N3O. The standard InChI is InChI=1S/C15H23N3O/c1-2-14(16)15(19)17-12-6-8-13(9-7-12)18-10-4-3-5-11-18/h6-9,14H,2-5,10-11,16H2,1H3,(H,17,19)/t14-/m0/s1. The molecule has 2 rings (SSSR count). The number of benzene rings is 1.